The molecule has 0 aromatic carbocycles. The minimum absolute atomic E-state index is 0.488. The fourth-order valence-corrected chi connectivity index (χ4v) is 7.03. The van der Waals surface area contributed by atoms with Crippen LogP contribution in [0.15, 0.2) is 0 Å². The molecular weight excluding hydrogens is 252 g/mol. The van der Waals surface area contributed by atoms with Crippen LogP contribution in [0.4, 0.5) is 0 Å². The lowest BCUT2D eigenvalue weighted by Crippen LogP contribution is -2.48. The highest BCUT2D eigenvalue weighted by Gasteiger charge is 2.50. The number of thioether (sulfide) groups is 1. The molecule has 1 heterocycles. The van der Waals surface area contributed by atoms with Gasteiger partial charge in [0, 0.05) is 12.3 Å². The van der Waals surface area contributed by atoms with Crippen LogP contribution in [0.1, 0.15) is 51.4 Å². The number of hydrogen-bond acceptors (Lipinski definition) is 2. The lowest BCUT2D eigenvalue weighted by atomic mass is 9.51. The predicted molar refractivity (Wildman–Crippen MR) is 80.2 cm³/mol. The topological polar surface area (TPSA) is 17.1 Å². The largest absolute Gasteiger partial charge is 0.299 e. The minimum atomic E-state index is 0.488. The van der Waals surface area contributed by atoms with Crippen LogP contribution < -0.4 is 0 Å². The number of ketones is 1. The Kier molecular flexibility index (Phi) is 3.41. The minimum Gasteiger partial charge on any atom is -0.299 e. The Hall–Kier alpha value is 0.0200. The van der Waals surface area contributed by atoms with Gasteiger partial charge in [0.05, 0.1) is 0 Å². The fraction of sp³-hybridized carbons (Fsp3) is 0.941. The number of carbonyl (C=O) groups is 1. The van der Waals surface area contributed by atoms with E-state index in [0.717, 1.165) is 36.0 Å². The van der Waals surface area contributed by atoms with E-state index >= 15 is 0 Å². The average Bonchev–Trinajstić information content (AvgIpc) is 2.38. The summed E-state index contributed by atoms with van der Waals surface area (Å²) < 4.78 is 0. The SMILES string of the molecule is O=C(CC1CCSCC1)C1C2CC3CC(C2)CC1C3. The molecule has 106 valence electrons. The summed E-state index contributed by atoms with van der Waals surface area (Å²) in [5.41, 5.74) is 0. The Morgan fingerprint density at radius 1 is 0.895 bits per heavy atom. The van der Waals surface area contributed by atoms with E-state index in [1.165, 1.54) is 56.5 Å². The Morgan fingerprint density at radius 2 is 1.47 bits per heavy atom. The molecule has 5 aliphatic rings. The molecule has 0 atom stereocenters. The van der Waals surface area contributed by atoms with Crippen LogP contribution >= 0.6 is 11.8 Å². The van der Waals surface area contributed by atoms with Crippen molar-refractivity contribution < 1.29 is 4.79 Å². The Balaban J connectivity index is 1.42. The molecule has 5 rings (SSSR count). The summed E-state index contributed by atoms with van der Waals surface area (Å²) in [5.74, 6) is 8.05. The Morgan fingerprint density at radius 3 is 2.05 bits per heavy atom. The first-order valence-electron chi connectivity index (χ1n) is 8.40. The molecular formula is C17H26OS. The number of hydrogen-bond donors (Lipinski definition) is 0. The summed E-state index contributed by atoms with van der Waals surface area (Å²) in [6.45, 7) is 0. The summed E-state index contributed by atoms with van der Waals surface area (Å²) >= 11 is 2.07. The third-order valence-electron chi connectivity index (χ3n) is 6.43. The van der Waals surface area contributed by atoms with Crippen LogP contribution in [0.3, 0.4) is 0 Å². The zero-order chi connectivity index (χ0) is 12.8. The zero-order valence-corrected chi connectivity index (χ0v) is 12.7. The monoisotopic (exact) mass is 278 g/mol. The predicted octanol–water partition coefficient (Wildman–Crippen LogP) is 4.16. The molecule has 1 aliphatic heterocycles. The van der Waals surface area contributed by atoms with Crippen LogP contribution in [-0.4, -0.2) is 17.3 Å². The van der Waals surface area contributed by atoms with Crippen LogP contribution in [0.2, 0.25) is 0 Å². The van der Waals surface area contributed by atoms with Gasteiger partial charge in [-0.3, -0.25) is 4.79 Å². The highest BCUT2D eigenvalue weighted by Crippen LogP contribution is 2.57. The van der Waals surface area contributed by atoms with E-state index in [1.54, 1.807) is 0 Å². The maximum atomic E-state index is 12.8. The summed E-state index contributed by atoms with van der Waals surface area (Å²) in [6, 6.07) is 0. The van der Waals surface area contributed by atoms with Gasteiger partial charge in [-0.2, -0.15) is 11.8 Å². The van der Waals surface area contributed by atoms with E-state index in [2.05, 4.69) is 11.8 Å². The molecule has 2 heteroatoms. The Bertz CT molecular complexity index is 330. The van der Waals surface area contributed by atoms with E-state index in [0.29, 0.717) is 11.7 Å². The highest BCUT2D eigenvalue weighted by molar-refractivity contribution is 7.99. The van der Waals surface area contributed by atoms with Crippen molar-refractivity contribution >= 4 is 17.5 Å². The van der Waals surface area contributed by atoms with Crippen molar-refractivity contribution in [2.24, 2.45) is 35.5 Å². The third-order valence-corrected chi connectivity index (χ3v) is 7.48. The van der Waals surface area contributed by atoms with Crippen molar-refractivity contribution in [2.45, 2.75) is 51.4 Å². The van der Waals surface area contributed by atoms with Crippen LogP contribution in [0, 0.1) is 35.5 Å². The molecule has 1 nitrogen and oxygen atoms in total. The Labute approximate surface area is 121 Å². The quantitative estimate of drug-likeness (QED) is 0.771. The van der Waals surface area contributed by atoms with Gasteiger partial charge in [-0.1, -0.05) is 0 Å². The third kappa shape index (κ3) is 2.39. The van der Waals surface area contributed by atoms with E-state index in [1.807, 2.05) is 0 Å². The average molecular weight is 278 g/mol. The van der Waals surface area contributed by atoms with Crippen LogP contribution in [-0.2, 0) is 4.79 Å². The molecule has 5 fully saturated rings. The van der Waals surface area contributed by atoms with Crippen molar-refractivity contribution in [3.8, 4) is 0 Å². The molecule has 4 aliphatic carbocycles. The lowest BCUT2D eigenvalue weighted by Gasteiger charge is -2.54. The first kappa shape index (κ1) is 12.7. The van der Waals surface area contributed by atoms with Gasteiger partial charge in [0.25, 0.3) is 0 Å². The molecule has 19 heavy (non-hydrogen) atoms. The second kappa shape index (κ2) is 5.09. The van der Waals surface area contributed by atoms with Crippen molar-refractivity contribution in [3.05, 3.63) is 0 Å². The van der Waals surface area contributed by atoms with Gasteiger partial charge in [0.2, 0.25) is 0 Å². The molecule has 4 saturated carbocycles. The van der Waals surface area contributed by atoms with Gasteiger partial charge in [-0.15, -0.1) is 0 Å². The van der Waals surface area contributed by atoms with Crippen molar-refractivity contribution in [2.75, 3.05) is 11.5 Å². The maximum Gasteiger partial charge on any atom is 0.136 e. The number of carbonyl (C=O) groups excluding carboxylic acids is 1. The highest BCUT2D eigenvalue weighted by atomic mass is 32.2. The van der Waals surface area contributed by atoms with Gasteiger partial charge >= 0.3 is 0 Å². The normalized spacial score (nSPS) is 45.6. The van der Waals surface area contributed by atoms with E-state index in [-0.39, 0.29) is 0 Å². The van der Waals surface area contributed by atoms with E-state index < -0.39 is 0 Å². The number of Topliss-reactive ketones (excluding diaryl/α,β-unsaturated/α-hetero) is 1. The van der Waals surface area contributed by atoms with Crippen molar-refractivity contribution in [3.63, 3.8) is 0 Å². The standard InChI is InChI=1S/C17H26OS/c18-16(10-11-1-3-19-4-2-11)17-14-6-12-5-13(8-14)9-15(17)7-12/h11-15,17H,1-10H2. The second-order valence-corrected chi connectivity index (χ2v) is 8.91. The molecule has 0 aromatic rings. The molecule has 0 amide bonds. The van der Waals surface area contributed by atoms with Gasteiger partial charge in [-0.05, 0) is 86.0 Å². The molecule has 0 radical (unpaired) electrons. The molecule has 1 saturated heterocycles. The van der Waals surface area contributed by atoms with Gasteiger partial charge in [0.15, 0.2) is 0 Å². The summed E-state index contributed by atoms with van der Waals surface area (Å²) in [4.78, 5) is 12.8. The molecule has 4 bridgehead atoms. The van der Waals surface area contributed by atoms with Gasteiger partial charge in [0.1, 0.15) is 5.78 Å². The van der Waals surface area contributed by atoms with Crippen LogP contribution in [0.5, 0.6) is 0 Å². The van der Waals surface area contributed by atoms with Crippen molar-refractivity contribution in [1.82, 2.24) is 0 Å². The molecule has 0 N–H and O–H groups in total. The second-order valence-electron chi connectivity index (χ2n) is 7.68. The zero-order valence-electron chi connectivity index (χ0n) is 11.9. The number of rotatable bonds is 3. The van der Waals surface area contributed by atoms with Gasteiger partial charge in [-0.25, -0.2) is 0 Å². The summed E-state index contributed by atoms with van der Waals surface area (Å²) in [7, 11) is 0. The first-order chi connectivity index (χ1) is 9.29. The molecule has 0 unspecified atom stereocenters. The fourth-order valence-electron chi connectivity index (χ4n) is 5.82. The first-order valence-corrected chi connectivity index (χ1v) is 9.55. The van der Waals surface area contributed by atoms with Crippen LogP contribution in [0.25, 0.3) is 0 Å². The van der Waals surface area contributed by atoms with E-state index in [9.17, 15) is 4.79 Å². The summed E-state index contributed by atoms with van der Waals surface area (Å²) in [6.07, 6.45) is 10.6. The van der Waals surface area contributed by atoms with Crippen molar-refractivity contribution in [1.29, 1.82) is 0 Å². The smallest absolute Gasteiger partial charge is 0.136 e. The van der Waals surface area contributed by atoms with Gasteiger partial charge < -0.3 is 0 Å². The summed E-state index contributed by atoms with van der Waals surface area (Å²) in [5, 5.41) is 0. The maximum absolute atomic E-state index is 12.8. The lowest BCUT2D eigenvalue weighted by molar-refractivity contribution is -0.136. The molecule has 0 spiro atoms. The molecule has 0 aromatic heterocycles. The van der Waals surface area contributed by atoms with E-state index in [4.69, 9.17) is 0 Å².